The average molecular weight is 195 g/mol. The average Bonchev–Trinajstić information content (AvgIpc) is 2.18. The summed E-state index contributed by atoms with van der Waals surface area (Å²) < 4.78 is 0. The van der Waals surface area contributed by atoms with Crippen molar-refractivity contribution in [2.75, 3.05) is 11.9 Å². The molecule has 0 saturated heterocycles. The maximum atomic E-state index is 10.7. The zero-order valence-corrected chi connectivity index (χ0v) is 7.69. The van der Waals surface area contributed by atoms with Crippen molar-refractivity contribution in [3.63, 3.8) is 0 Å². The lowest BCUT2D eigenvalue weighted by Crippen LogP contribution is -2.22. The molecule has 0 fully saturated rings. The van der Waals surface area contributed by atoms with Gasteiger partial charge in [-0.2, -0.15) is 0 Å². The fraction of sp³-hybridized carbons (Fsp3) is 0.375. The van der Waals surface area contributed by atoms with Gasteiger partial charge in [-0.15, -0.1) is 0 Å². The van der Waals surface area contributed by atoms with Crippen molar-refractivity contribution in [3.8, 4) is 0 Å². The van der Waals surface area contributed by atoms with Gasteiger partial charge < -0.3 is 16.2 Å². The number of aliphatic hydroxyl groups excluding tert-OH is 1. The smallest absolute Gasteiger partial charge is 0.286 e. The Morgan fingerprint density at radius 3 is 3.14 bits per heavy atom. The number of carbonyl (C=O) groups is 1. The molecule has 0 aliphatic heterocycles. The van der Waals surface area contributed by atoms with E-state index in [2.05, 4.69) is 21.4 Å². The monoisotopic (exact) mass is 195 g/mol. The van der Waals surface area contributed by atoms with Crippen LogP contribution in [0.2, 0.25) is 0 Å². The van der Waals surface area contributed by atoms with Crippen LogP contribution in [0.25, 0.3) is 0 Å². The second kappa shape index (κ2) is 4.52. The number of aliphatic hydroxyl groups is 1. The number of nitrogens with one attached hydrogen (secondary N) is 1. The number of anilines is 1. The molecule has 4 N–H and O–H groups in total. The third-order valence-electron chi connectivity index (χ3n) is 1.48. The third kappa shape index (κ3) is 2.67. The molecule has 0 spiro atoms. The second-order valence-corrected chi connectivity index (χ2v) is 2.78. The van der Waals surface area contributed by atoms with Gasteiger partial charge in [0.2, 0.25) is 5.82 Å². The molecule has 1 aromatic heterocycles. The zero-order chi connectivity index (χ0) is 10.6. The summed E-state index contributed by atoms with van der Waals surface area (Å²) in [5, 5.41) is 11.6. The minimum atomic E-state index is -0.696. The van der Waals surface area contributed by atoms with Crippen LogP contribution in [0.3, 0.4) is 0 Å². The van der Waals surface area contributed by atoms with Crippen molar-refractivity contribution in [2.45, 2.75) is 13.0 Å². The van der Waals surface area contributed by atoms with E-state index in [1.54, 1.807) is 6.92 Å². The van der Waals surface area contributed by atoms with Crippen LogP contribution in [0.1, 0.15) is 17.5 Å². The van der Waals surface area contributed by atoms with Crippen LogP contribution in [0.4, 0.5) is 5.82 Å². The minimum absolute atomic E-state index is 0.0379. The molecule has 1 radical (unpaired) electrons. The van der Waals surface area contributed by atoms with Gasteiger partial charge >= 0.3 is 0 Å². The Hall–Kier alpha value is -1.69. The van der Waals surface area contributed by atoms with Crippen molar-refractivity contribution in [3.05, 3.63) is 18.1 Å². The SMILES string of the molecule is C[C@@H](CO)Nc1[c]cnc(C(N)=O)n1. The predicted octanol–water partition coefficient (Wildman–Crippen LogP) is -0.832. The Kier molecular flexibility index (Phi) is 3.35. The number of hydrogen-bond acceptors (Lipinski definition) is 5. The van der Waals surface area contributed by atoms with E-state index in [0.717, 1.165) is 0 Å². The molecular formula is C8H11N4O2. The summed E-state index contributed by atoms with van der Waals surface area (Å²) in [4.78, 5) is 18.1. The first-order valence-electron chi connectivity index (χ1n) is 4.05. The molecule has 0 aromatic carbocycles. The lowest BCUT2D eigenvalue weighted by atomic mass is 10.3. The van der Waals surface area contributed by atoms with Crippen LogP contribution in [0, 0.1) is 6.07 Å². The number of rotatable bonds is 4. The summed E-state index contributed by atoms with van der Waals surface area (Å²) in [6.07, 6.45) is 1.31. The van der Waals surface area contributed by atoms with Gasteiger partial charge in [0.15, 0.2) is 0 Å². The van der Waals surface area contributed by atoms with Crippen LogP contribution in [0.5, 0.6) is 0 Å². The number of amides is 1. The molecule has 1 rings (SSSR count). The topological polar surface area (TPSA) is 101 Å². The van der Waals surface area contributed by atoms with Crippen LogP contribution in [-0.4, -0.2) is 33.6 Å². The van der Waals surface area contributed by atoms with Gasteiger partial charge in [0.25, 0.3) is 5.91 Å². The summed E-state index contributed by atoms with van der Waals surface area (Å²) in [5.74, 6) is -0.426. The first kappa shape index (κ1) is 10.4. The highest BCUT2D eigenvalue weighted by molar-refractivity contribution is 5.89. The Balaban J connectivity index is 2.78. The number of primary amides is 1. The third-order valence-corrected chi connectivity index (χ3v) is 1.48. The van der Waals surface area contributed by atoms with Gasteiger partial charge in [0, 0.05) is 18.3 Å². The highest BCUT2D eigenvalue weighted by atomic mass is 16.3. The molecule has 1 amide bonds. The van der Waals surface area contributed by atoms with Gasteiger partial charge in [0.1, 0.15) is 5.82 Å². The molecule has 6 nitrogen and oxygen atoms in total. The molecule has 0 unspecified atom stereocenters. The first-order valence-corrected chi connectivity index (χ1v) is 4.05. The Morgan fingerprint density at radius 1 is 1.86 bits per heavy atom. The maximum absolute atomic E-state index is 10.7. The van der Waals surface area contributed by atoms with Gasteiger partial charge in [-0.05, 0) is 6.92 Å². The van der Waals surface area contributed by atoms with Gasteiger partial charge in [-0.25, -0.2) is 9.97 Å². The quantitative estimate of drug-likeness (QED) is 0.582. The molecule has 1 atom stereocenters. The van der Waals surface area contributed by atoms with E-state index in [4.69, 9.17) is 10.8 Å². The molecule has 0 aliphatic carbocycles. The molecule has 0 aliphatic rings. The maximum Gasteiger partial charge on any atom is 0.286 e. The largest absolute Gasteiger partial charge is 0.394 e. The van der Waals surface area contributed by atoms with Gasteiger partial charge in [0.05, 0.1) is 6.61 Å². The molecule has 1 heterocycles. The van der Waals surface area contributed by atoms with Crippen molar-refractivity contribution < 1.29 is 9.90 Å². The van der Waals surface area contributed by atoms with E-state index in [1.165, 1.54) is 6.20 Å². The van der Waals surface area contributed by atoms with Crippen molar-refractivity contribution in [1.82, 2.24) is 9.97 Å². The van der Waals surface area contributed by atoms with Crippen LogP contribution in [-0.2, 0) is 0 Å². The van der Waals surface area contributed by atoms with E-state index in [0.29, 0.717) is 5.82 Å². The van der Waals surface area contributed by atoms with Crippen molar-refractivity contribution in [2.24, 2.45) is 5.73 Å². The number of hydrogen-bond donors (Lipinski definition) is 3. The summed E-state index contributed by atoms with van der Waals surface area (Å²) in [6.45, 7) is 1.73. The van der Waals surface area contributed by atoms with Crippen LogP contribution >= 0.6 is 0 Å². The standard InChI is InChI=1S/C8H11N4O2/c1-5(4-13)11-6-2-3-10-8(12-6)7(9)14/h3,5,13H,4H2,1H3,(H2,9,14)(H,10,11,12)/t5-/m0/s1. The fourth-order valence-corrected chi connectivity index (χ4v) is 0.793. The van der Waals surface area contributed by atoms with E-state index in [1.807, 2.05) is 0 Å². The normalized spacial score (nSPS) is 12.1. The summed E-state index contributed by atoms with van der Waals surface area (Å²) in [7, 11) is 0. The molecular weight excluding hydrogens is 184 g/mol. The number of aromatic nitrogens is 2. The van der Waals surface area contributed by atoms with E-state index >= 15 is 0 Å². The van der Waals surface area contributed by atoms with Crippen LogP contribution < -0.4 is 11.1 Å². The summed E-state index contributed by atoms with van der Waals surface area (Å²) in [6, 6.07) is 2.51. The number of nitrogens with zero attached hydrogens (tertiary/aromatic N) is 2. The second-order valence-electron chi connectivity index (χ2n) is 2.78. The Labute approximate surface area is 81.2 Å². The number of nitrogens with two attached hydrogens (primary N) is 1. The fourth-order valence-electron chi connectivity index (χ4n) is 0.793. The molecule has 6 heteroatoms. The molecule has 0 saturated carbocycles. The Bertz CT molecular complexity index is 329. The minimum Gasteiger partial charge on any atom is -0.394 e. The first-order chi connectivity index (χ1) is 6.63. The molecule has 0 bridgehead atoms. The summed E-state index contributed by atoms with van der Waals surface area (Å²) >= 11 is 0. The number of carbonyl (C=O) groups excluding carboxylic acids is 1. The molecule has 75 valence electrons. The van der Waals surface area contributed by atoms with Gasteiger partial charge in [-0.3, -0.25) is 4.79 Å². The highest BCUT2D eigenvalue weighted by Crippen LogP contribution is 2.02. The zero-order valence-electron chi connectivity index (χ0n) is 7.69. The lowest BCUT2D eigenvalue weighted by molar-refractivity contribution is 0.0990. The highest BCUT2D eigenvalue weighted by Gasteiger charge is 2.06. The van der Waals surface area contributed by atoms with Crippen LogP contribution in [0.15, 0.2) is 6.20 Å². The summed E-state index contributed by atoms with van der Waals surface area (Å²) in [5.41, 5.74) is 4.99. The van der Waals surface area contributed by atoms with E-state index in [9.17, 15) is 4.79 Å². The lowest BCUT2D eigenvalue weighted by Gasteiger charge is -2.10. The van der Waals surface area contributed by atoms with Crippen molar-refractivity contribution in [1.29, 1.82) is 0 Å². The molecule has 14 heavy (non-hydrogen) atoms. The Morgan fingerprint density at radius 2 is 2.57 bits per heavy atom. The van der Waals surface area contributed by atoms with E-state index < -0.39 is 5.91 Å². The van der Waals surface area contributed by atoms with E-state index in [-0.39, 0.29) is 18.5 Å². The molecule has 1 aromatic rings. The predicted molar refractivity (Wildman–Crippen MR) is 49.6 cm³/mol. The van der Waals surface area contributed by atoms with Crippen molar-refractivity contribution >= 4 is 11.7 Å². The van der Waals surface area contributed by atoms with Gasteiger partial charge in [-0.1, -0.05) is 0 Å².